The number of hydrogen-bond donors (Lipinski definition) is 1. The van der Waals surface area contributed by atoms with E-state index >= 15 is 0 Å². The molecule has 0 aromatic heterocycles. The molecule has 0 radical (unpaired) electrons. The van der Waals surface area contributed by atoms with Gasteiger partial charge in [0.05, 0.1) is 0 Å². The largest absolute Gasteiger partial charge is 0.382 e. The Labute approximate surface area is 128 Å². The van der Waals surface area contributed by atoms with Gasteiger partial charge in [0.25, 0.3) is 0 Å². The Morgan fingerprint density at radius 1 is 0.810 bits per heavy atom. The van der Waals surface area contributed by atoms with Gasteiger partial charge in [-0.05, 0) is 68.2 Å². The van der Waals surface area contributed by atoms with Crippen molar-refractivity contribution in [1.82, 2.24) is 0 Å². The van der Waals surface area contributed by atoms with Crippen molar-refractivity contribution in [3.05, 3.63) is 65.2 Å². The molecule has 3 rings (SSSR count). The van der Waals surface area contributed by atoms with Gasteiger partial charge in [0.2, 0.25) is 0 Å². The van der Waals surface area contributed by atoms with Crippen molar-refractivity contribution in [3.8, 4) is 0 Å². The third-order valence-corrected chi connectivity index (χ3v) is 4.96. The topological polar surface area (TPSA) is 12.0 Å². The minimum absolute atomic E-state index is 0.630. The van der Waals surface area contributed by atoms with E-state index in [1.165, 1.54) is 48.1 Å². The van der Waals surface area contributed by atoms with Crippen molar-refractivity contribution in [1.29, 1.82) is 0 Å². The molecule has 2 aromatic carbocycles. The molecular weight excluding hydrogens is 254 g/mol. The van der Waals surface area contributed by atoms with Crippen LogP contribution in [0.5, 0.6) is 0 Å². The molecular formula is C20H25N. The summed E-state index contributed by atoms with van der Waals surface area (Å²) in [5.74, 6) is 0.753. The first-order valence-corrected chi connectivity index (χ1v) is 8.12. The molecule has 0 unspecified atom stereocenters. The second-order valence-electron chi connectivity index (χ2n) is 6.35. The van der Waals surface area contributed by atoms with Crippen molar-refractivity contribution in [2.24, 2.45) is 0 Å². The Morgan fingerprint density at radius 3 is 2.24 bits per heavy atom. The number of hydrogen-bond acceptors (Lipinski definition) is 1. The zero-order valence-corrected chi connectivity index (χ0v) is 13.1. The van der Waals surface area contributed by atoms with Crippen LogP contribution in [-0.4, -0.2) is 6.04 Å². The molecule has 0 bridgehead atoms. The van der Waals surface area contributed by atoms with E-state index in [1.54, 1.807) is 0 Å². The molecule has 1 aliphatic rings. The van der Waals surface area contributed by atoms with Crippen molar-refractivity contribution in [2.45, 2.75) is 51.5 Å². The zero-order chi connectivity index (χ0) is 14.7. The summed E-state index contributed by atoms with van der Waals surface area (Å²) in [6.07, 6.45) is 5.14. The van der Waals surface area contributed by atoms with Gasteiger partial charge in [0.15, 0.2) is 0 Å². The SMILES string of the molecule is Cc1cccc(NC2CCC(c3ccccc3)CC2)c1C. The van der Waals surface area contributed by atoms with Gasteiger partial charge >= 0.3 is 0 Å². The number of anilines is 1. The van der Waals surface area contributed by atoms with E-state index in [4.69, 9.17) is 0 Å². The molecule has 2 aromatic rings. The number of benzene rings is 2. The first-order valence-electron chi connectivity index (χ1n) is 8.12. The summed E-state index contributed by atoms with van der Waals surface area (Å²) in [5, 5.41) is 3.76. The molecule has 0 spiro atoms. The highest BCUT2D eigenvalue weighted by molar-refractivity contribution is 5.54. The van der Waals surface area contributed by atoms with Gasteiger partial charge in [0.1, 0.15) is 0 Å². The van der Waals surface area contributed by atoms with Crippen LogP contribution in [0.2, 0.25) is 0 Å². The van der Waals surface area contributed by atoms with Crippen LogP contribution < -0.4 is 5.32 Å². The Bertz CT molecular complexity index is 580. The maximum absolute atomic E-state index is 3.76. The lowest BCUT2D eigenvalue weighted by molar-refractivity contribution is 0.412. The predicted octanol–water partition coefficient (Wildman–Crippen LogP) is 5.44. The highest BCUT2D eigenvalue weighted by Crippen LogP contribution is 2.34. The van der Waals surface area contributed by atoms with Gasteiger partial charge in [-0.2, -0.15) is 0 Å². The quantitative estimate of drug-likeness (QED) is 0.788. The van der Waals surface area contributed by atoms with Crippen molar-refractivity contribution < 1.29 is 0 Å². The molecule has 0 saturated heterocycles. The molecule has 0 atom stereocenters. The smallest absolute Gasteiger partial charge is 0.0374 e. The van der Waals surface area contributed by atoms with Crippen LogP contribution in [0.3, 0.4) is 0 Å². The normalized spacial score (nSPS) is 22.0. The minimum atomic E-state index is 0.630. The van der Waals surface area contributed by atoms with Gasteiger partial charge in [-0.15, -0.1) is 0 Å². The van der Waals surface area contributed by atoms with Crippen LogP contribution >= 0.6 is 0 Å². The third kappa shape index (κ3) is 3.29. The highest BCUT2D eigenvalue weighted by atomic mass is 14.9. The molecule has 1 fully saturated rings. The maximum atomic E-state index is 3.76. The second-order valence-corrected chi connectivity index (χ2v) is 6.35. The molecule has 1 N–H and O–H groups in total. The summed E-state index contributed by atoms with van der Waals surface area (Å²) in [6, 6.07) is 18.2. The summed E-state index contributed by atoms with van der Waals surface area (Å²) in [4.78, 5) is 0. The van der Waals surface area contributed by atoms with Gasteiger partial charge in [-0.25, -0.2) is 0 Å². The lowest BCUT2D eigenvalue weighted by atomic mass is 9.81. The summed E-state index contributed by atoms with van der Waals surface area (Å²) in [6.45, 7) is 4.40. The van der Waals surface area contributed by atoms with Gasteiger partial charge in [0, 0.05) is 11.7 Å². The van der Waals surface area contributed by atoms with Crippen molar-refractivity contribution in [3.63, 3.8) is 0 Å². The van der Waals surface area contributed by atoms with E-state index in [9.17, 15) is 0 Å². The van der Waals surface area contributed by atoms with Crippen LogP contribution in [0.15, 0.2) is 48.5 Å². The maximum Gasteiger partial charge on any atom is 0.0374 e. The van der Waals surface area contributed by atoms with Crippen LogP contribution in [0.1, 0.15) is 48.3 Å². The number of rotatable bonds is 3. The van der Waals surface area contributed by atoms with Crippen molar-refractivity contribution in [2.75, 3.05) is 5.32 Å². The standard InChI is InChI=1S/C20H25N/c1-15-7-6-10-20(16(15)2)21-19-13-11-18(12-14-19)17-8-4-3-5-9-17/h3-10,18-19,21H,11-14H2,1-2H3. The average molecular weight is 279 g/mol. The molecule has 110 valence electrons. The second kappa shape index (κ2) is 6.34. The molecule has 0 aliphatic heterocycles. The average Bonchev–Trinajstić information content (AvgIpc) is 2.53. The van der Waals surface area contributed by atoms with Crippen LogP contribution in [0.4, 0.5) is 5.69 Å². The summed E-state index contributed by atoms with van der Waals surface area (Å²) >= 11 is 0. The summed E-state index contributed by atoms with van der Waals surface area (Å²) in [5.41, 5.74) is 5.60. The van der Waals surface area contributed by atoms with Crippen LogP contribution in [0, 0.1) is 13.8 Å². The van der Waals surface area contributed by atoms with Crippen molar-refractivity contribution >= 4 is 5.69 Å². The van der Waals surface area contributed by atoms with E-state index < -0.39 is 0 Å². The van der Waals surface area contributed by atoms with E-state index in [0.29, 0.717) is 6.04 Å². The first kappa shape index (κ1) is 14.2. The first-order chi connectivity index (χ1) is 10.2. The molecule has 1 saturated carbocycles. The third-order valence-electron chi connectivity index (χ3n) is 4.96. The lowest BCUT2D eigenvalue weighted by Crippen LogP contribution is -2.25. The molecule has 1 nitrogen and oxygen atoms in total. The molecule has 0 heterocycles. The van der Waals surface area contributed by atoms with Gasteiger partial charge < -0.3 is 5.32 Å². The fourth-order valence-electron chi connectivity index (χ4n) is 3.42. The Kier molecular flexibility index (Phi) is 4.28. The zero-order valence-electron chi connectivity index (χ0n) is 13.1. The van der Waals surface area contributed by atoms with Gasteiger partial charge in [-0.1, -0.05) is 42.5 Å². The summed E-state index contributed by atoms with van der Waals surface area (Å²) < 4.78 is 0. The molecule has 0 amide bonds. The molecule has 21 heavy (non-hydrogen) atoms. The van der Waals surface area contributed by atoms with E-state index in [-0.39, 0.29) is 0 Å². The monoisotopic (exact) mass is 279 g/mol. The van der Waals surface area contributed by atoms with Gasteiger partial charge in [-0.3, -0.25) is 0 Å². The molecule has 1 aliphatic carbocycles. The predicted molar refractivity (Wildman–Crippen MR) is 91.0 cm³/mol. The number of aryl methyl sites for hydroxylation is 1. The Hall–Kier alpha value is -1.76. The van der Waals surface area contributed by atoms with E-state index in [2.05, 4.69) is 67.7 Å². The fourth-order valence-corrected chi connectivity index (χ4v) is 3.42. The minimum Gasteiger partial charge on any atom is -0.382 e. The van der Waals surface area contributed by atoms with Crippen LogP contribution in [-0.2, 0) is 0 Å². The Morgan fingerprint density at radius 2 is 1.52 bits per heavy atom. The van der Waals surface area contributed by atoms with Crippen LogP contribution in [0.25, 0.3) is 0 Å². The lowest BCUT2D eigenvalue weighted by Gasteiger charge is -2.30. The number of nitrogens with one attached hydrogen (secondary N) is 1. The summed E-state index contributed by atoms with van der Waals surface area (Å²) in [7, 11) is 0. The fraction of sp³-hybridized carbons (Fsp3) is 0.400. The molecule has 1 heteroatoms. The highest BCUT2D eigenvalue weighted by Gasteiger charge is 2.22. The van der Waals surface area contributed by atoms with E-state index in [1.807, 2.05) is 0 Å². The van der Waals surface area contributed by atoms with E-state index in [0.717, 1.165) is 5.92 Å². The Balaban J connectivity index is 1.60.